The van der Waals surface area contributed by atoms with E-state index in [2.05, 4.69) is 20.6 Å². The molecule has 4 nitrogen and oxygen atoms in total. The Morgan fingerprint density at radius 3 is 2.78 bits per heavy atom. The summed E-state index contributed by atoms with van der Waals surface area (Å²) in [4.78, 5) is 8.34. The Bertz CT molecular complexity index is 574. The molecule has 0 saturated carbocycles. The van der Waals surface area contributed by atoms with E-state index in [-0.39, 0.29) is 5.82 Å². The second-order valence-electron chi connectivity index (χ2n) is 3.72. The number of anilines is 3. The van der Waals surface area contributed by atoms with Crippen molar-refractivity contribution in [3.8, 4) is 0 Å². The van der Waals surface area contributed by atoms with Crippen molar-refractivity contribution in [2.24, 2.45) is 0 Å². The molecule has 2 N–H and O–H groups in total. The highest BCUT2D eigenvalue weighted by Gasteiger charge is 2.06. The molecular formula is C12H12ClFN4. The fourth-order valence-electron chi connectivity index (χ4n) is 1.41. The van der Waals surface area contributed by atoms with Crippen LogP contribution in [0.5, 0.6) is 0 Å². The van der Waals surface area contributed by atoms with E-state index in [0.29, 0.717) is 22.5 Å². The van der Waals surface area contributed by atoms with Crippen LogP contribution in [0.2, 0.25) is 5.02 Å². The van der Waals surface area contributed by atoms with Gasteiger partial charge < -0.3 is 10.6 Å². The van der Waals surface area contributed by atoms with Gasteiger partial charge in [0.1, 0.15) is 11.6 Å². The van der Waals surface area contributed by atoms with Crippen molar-refractivity contribution in [1.82, 2.24) is 9.97 Å². The van der Waals surface area contributed by atoms with E-state index in [0.717, 1.165) is 5.56 Å². The Kier molecular flexibility index (Phi) is 3.62. The monoisotopic (exact) mass is 266 g/mol. The Morgan fingerprint density at radius 1 is 1.33 bits per heavy atom. The molecule has 0 spiro atoms. The first-order valence-electron chi connectivity index (χ1n) is 5.33. The molecule has 1 heterocycles. The van der Waals surface area contributed by atoms with Gasteiger partial charge in [0.25, 0.3) is 0 Å². The molecule has 1 aromatic heterocycles. The third-order valence-electron chi connectivity index (χ3n) is 2.38. The van der Waals surface area contributed by atoms with Crippen LogP contribution in [0.15, 0.2) is 24.4 Å². The molecule has 0 fully saturated rings. The van der Waals surface area contributed by atoms with Crippen LogP contribution in [0.3, 0.4) is 0 Å². The predicted octanol–water partition coefficient (Wildman–Crippen LogP) is 3.36. The van der Waals surface area contributed by atoms with E-state index < -0.39 is 0 Å². The fraction of sp³-hybridized carbons (Fsp3) is 0.167. The normalized spacial score (nSPS) is 10.2. The first kappa shape index (κ1) is 12.6. The molecular weight excluding hydrogens is 255 g/mol. The lowest BCUT2D eigenvalue weighted by atomic mass is 10.3. The molecule has 0 aliphatic heterocycles. The Morgan fingerprint density at radius 2 is 2.11 bits per heavy atom. The SMILES string of the molecule is CNc1ncc(C)c(Nc2ccc(F)cc2Cl)n1. The topological polar surface area (TPSA) is 49.8 Å². The van der Waals surface area contributed by atoms with E-state index in [1.54, 1.807) is 19.3 Å². The molecule has 1 aromatic carbocycles. The van der Waals surface area contributed by atoms with Gasteiger partial charge in [-0.05, 0) is 25.1 Å². The molecule has 6 heteroatoms. The van der Waals surface area contributed by atoms with Crippen molar-refractivity contribution in [2.45, 2.75) is 6.92 Å². The summed E-state index contributed by atoms with van der Waals surface area (Å²) in [5.74, 6) is 0.755. The van der Waals surface area contributed by atoms with Gasteiger partial charge in [0.15, 0.2) is 0 Å². The standard InChI is InChI=1S/C12H12ClFN4/c1-7-6-16-12(15-2)18-11(7)17-10-4-3-8(14)5-9(10)13/h3-6H,1-2H3,(H2,15,16,17,18). The lowest BCUT2D eigenvalue weighted by molar-refractivity contribution is 0.628. The molecule has 0 radical (unpaired) electrons. The minimum atomic E-state index is -0.374. The summed E-state index contributed by atoms with van der Waals surface area (Å²) >= 11 is 5.94. The number of nitrogens with zero attached hydrogens (tertiary/aromatic N) is 2. The number of halogens is 2. The van der Waals surface area contributed by atoms with E-state index in [9.17, 15) is 4.39 Å². The highest BCUT2D eigenvalue weighted by atomic mass is 35.5. The minimum Gasteiger partial charge on any atom is -0.357 e. The first-order chi connectivity index (χ1) is 8.60. The first-order valence-corrected chi connectivity index (χ1v) is 5.71. The number of aryl methyl sites for hydroxylation is 1. The van der Waals surface area contributed by atoms with E-state index >= 15 is 0 Å². The number of hydrogen-bond acceptors (Lipinski definition) is 4. The molecule has 94 valence electrons. The summed E-state index contributed by atoms with van der Waals surface area (Å²) in [5.41, 5.74) is 1.47. The van der Waals surface area contributed by atoms with Gasteiger partial charge >= 0.3 is 0 Å². The smallest absolute Gasteiger partial charge is 0.224 e. The zero-order valence-electron chi connectivity index (χ0n) is 9.96. The maximum atomic E-state index is 12.9. The van der Waals surface area contributed by atoms with Gasteiger partial charge in [-0.3, -0.25) is 0 Å². The summed E-state index contributed by atoms with van der Waals surface area (Å²) in [6.07, 6.45) is 1.69. The average Bonchev–Trinajstić information content (AvgIpc) is 2.35. The third-order valence-corrected chi connectivity index (χ3v) is 2.69. The third kappa shape index (κ3) is 2.68. The van der Waals surface area contributed by atoms with Gasteiger partial charge in [-0.2, -0.15) is 4.98 Å². The van der Waals surface area contributed by atoms with E-state index in [4.69, 9.17) is 11.6 Å². The molecule has 0 aliphatic rings. The van der Waals surface area contributed by atoms with Gasteiger partial charge in [-0.15, -0.1) is 0 Å². The Balaban J connectivity index is 2.33. The second kappa shape index (κ2) is 5.18. The van der Waals surface area contributed by atoms with Crippen LogP contribution >= 0.6 is 11.6 Å². The van der Waals surface area contributed by atoms with Gasteiger partial charge in [0, 0.05) is 18.8 Å². The Labute approximate surface area is 109 Å². The lowest BCUT2D eigenvalue weighted by Gasteiger charge is -2.10. The maximum Gasteiger partial charge on any atom is 0.224 e. The number of nitrogens with one attached hydrogen (secondary N) is 2. The van der Waals surface area contributed by atoms with Crippen LogP contribution in [-0.4, -0.2) is 17.0 Å². The number of benzene rings is 1. The van der Waals surface area contributed by atoms with Crippen molar-refractivity contribution >= 4 is 29.1 Å². The van der Waals surface area contributed by atoms with E-state index in [1.165, 1.54) is 12.1 Å². The predicted molar refractivity (Wildman–Crippen MR) is 71.0 cm³/mol. The van der Waals surface area contributed by atoms with Crippen molar-refractivity contribution in [1.29, 1.82) is 0 Å². The van der Waals surface area contributed by atoms with Crippen molar-refractivity contribution in [2.75, 3.05) is 17.7 Å². The van der Waals surface area contributed by atoms with Gasteiger partial charge in [0.05, 0.1) is 10.7 Å². The lowest BCUT2D eigenvalue weighted by Crippen LogP contribution is -2.02. The highest BCUT2D eigenvalue weighted by Crippen LogP contribution is 2.26. The van der Waals surface area contributed by atoms with Crippen molar-refractivity contribution in [3.63, 3.8) is 0 Å². The molecule has 2 rings (SSSR count). The van der Waals surface area contributed by atoms with Crippen LogP contribution in [0.1, 0.15) is 5.56 Å². The van der Waals surface area contributed by atoms with Crippen molar-refractivity contribution < 1.29 is 4.39 Å². The largest absolute Gasteiger partial charge is 0.357 e. The average molecular weight is 267 g/mol. The quantitative estimate of drug-likeness (QED) is 0.894. The van der Waals surface area contributed by atoms with Gasteiger partial charge in [-0.1, -0.05) is 11.6 Å². The maximum absolute atomic E-state index is 12.9. The highest BCUT2D eigenvalue weighted by molar-refractivity contribution is 6.33. The molecule has 0 atom stereocenters. The molecule has 0 bridgehead atoms. The molecule has 0 amide bonds. The van der Waals surface area contributed by atoms with E-state index in [1.807, 2.05) is 6.92 Å². The summed E-state index contributed by atoms with van der Waals surface area (Å²) in [6, 6.07) is 4.15. The van der Waals surface area contributed by atoms with Crippen LogP contribution in [0.4, 0.5) is 21.8 Å². The molecule has 0 saturated heterocycles. The summed E-state index contributed by atoms with van der Waals surface area (Å²) in [5, 5.41) is 6.21. The summed E-state index contributed by atoms with van der Waals surface area (Å²) in [6.45, 7) is 1.87. The Hall–Kier alpha value is -1.88. The van der Waals surface area contributed by atoms with Crippen LogP contribution < -0.4 is 10.6 Å². The minimum absolute atomic E-state index is 0.305. The molecule has 2 aromatic rings. The molecule has 0 aliphatic carbocycles. The number of hydrogen-bond donors (Lipinski definition) is 2. The summed E-state index contributed by atoms with van der Waals surface area (Å²) in [7, 11) is 1.74. The van der Waals surface area contributed by atoms with Gasteiger partial charge in [-0.25, -0.2) is 9.37 Å². The number of aromatic nitrogens is 2. The number of rotatable bonds is 3. The fourth-order valence-corrected chi connectivity index (χ4v) is 1.62. The summed E-state index contributed by atoms with van der Waals surface area (Å²) < 4.78 is 12.9. The molecule has 0 unspecified atom stereocenters. The zero-order chi connectivity index (χ0) is 13.1. The second-order valence-corrected chi connectivity index (χ2v) is 4.13. The van der Waals surface area contributed by atoms with Crippen molar-refractivity contribution in [3.05, 3.63) is 40.8 Å². The zero-order valence-corrected chi connectivity index (χ0v) is 10.7. The van der Waals surface area contributed by atoms with Crippen LogP contribution in [-0.2, 0) is 0 Å². The van der Waals surface area contributed by atoms with Crippen LogP contribution in [0.25, 0.3) is 0 Å². The molecule has 18 heavy (non-hydrogen) atoms. The van der Waals surface area contributed by atoms with Gasteiger partial charge in [0.2, 0.25) is 5.95 Å². The van der Waals surface area contributed by atoms with Crippen LogP contribution in [0, 0.1) is 12.7 Å².